The minimum absolute atomic E-state index is 0.190. The van der Waals surface area contributed by atoms with Gasteiger partial charge in [0.05, 0.1) is 23.7 Å². The van der Waals surface area contributed by atoms with Crippen LogP contribution in [0.3, 0.4) is 0 Å². The zero-order valence-corrected chi connectivity index (χ0v) is 14.6. The van der Waals surface area contributed by atoms with Crippen molar-refractivity contribution in [1.82, 2.24) is 0 Å². The van der Waals surface area contributed by atoms with Crippen LogP contribution in [0.4, 0.5) is 0 Å². The number of carboxylic acid groups (broad SMARTS) is 1. The molecular weight excluding hydrogens is 268 g/mol. The summed E-state index contributed by atoms with van der Waals surface area (Å²) in [6.45, 7) is 13.9. The maximum atomic E-state index is 11.4. The Bertz CT molecular complexity index is 383. The summed E-state index contributed by atoms with van der Waals surface area (Å²) in [4.78, 5) is 11.4. The average molecular weight is 300 g/mol. The van der Waals surface area contributed by atoms with Gasteiger partial charge in [-0.3, -0.25) is 4.79 Å². The number of hydrogen-bond acceptors (Lipinski definition) is 3. The molecule has 0 aliphatic heterocycles. The van der Waals surface area contributed by atoms with E-state index in [0.717, 1.165) is 6.42 Å². The summed E-state index contributed by atoms with van der Waals surface area (Å²) in [6, 6.07) is 0. The van der Waals surface area contributed by atoms with Gasteiger partial charge in [0.2, 0.25) is 0 Å². The summed E-state index contributed by atoms with van der Waals surface area (Å²) in [5, 5.41) is 19.9. The minimum atomic E-state index is -0.725. The van der Waals surface area contributed by atoms with Crippen LogP contribution >= 0.6 is 0 Å². The Hall–Kier alpha value is -0.610. The number of ether oxygens (including phenoxy) is 1. The smallest absolute Gasteiger partial charge is 0.307 e. The van der Waals surface area contributed by atoms with Crippen LogP contribution in [0, 0.1) is 16.7 Å². The molecule has 1 aliphatic carbocycles. The monoisotopic (exact) mass is 300 g/mol. The van der Waals surface area contributed by atoms with Crippen LogP contribution in [0.1, 0.15) is 67.7 Å². The first-order valence-corrected chi connectivity index (χ1v) is 7.89. The highest BCUT2D eigenvalue weighted by Gasteiger charge is 2.54. The molecule has 0 aromatic heterocycles. The molecule has 0 amide bonds. The number of hydrogen-bond donors (Lipinski definition) is 2. The van der Waals surface area contributed by atoms with Crippen molar-refractivity contribution in [2.75, 3.05) is 0 Å². The highest BCUT2D eigenvalue weighted by molar-refractivity contribution is 5.71. The number of aliphatic carboxylic acids is 1. The molecule has 1 fully saturated rings. The van der Waals surface area contributed by atoms with Gasteiger partial charge in [0.15, 0.2) is 0 Å². The Kier molecular flexibility index (Phi) is 5.16. The lowest BCUT2D eigenvalue weighted by molar-refractivity contribution is -0.148. The second kappa shape index (κ2) is 5.88. The second-order valence-electron chi connectivity index (χ2n) is 8.42. The van der Waals surface area contributed by atoms with E-state index in [1.807, 2.05) is 41.5 Å². The van der Waals surface area contributed by atoms with Crippen LogP contribution in [0.15, 0.2) is 0 Å². The molecule has 0 spiro atoms. The maximum absolute atomic E-state index is 11.4. The van der Waals surface area contributed by atoms with Crippen LogP contribution in [0.25, 0.3) is 0 Å². The standard InChI is InChI=1S/C17H32O4/c1-11(21-15(2,3)4)13(18)10-17(7)9-8-12(14(19)20)16(17,5)6/h11-13,18H,8-10H2,1-7H3,(H,19,20)/t11?,12?,13?,17-/m0/s1. The van der Waals surface area contributed by atoms with Gasteiger partial charge < -0.3 is 14.9 Å². The molecule has 21 heavy (non-hydrogen) atoms. The van der Waals surface area contributed by atoms with Crippen molar-refractivity contribution in [1.29, 1.82) is 0 Å². The van der Waals surface area contributed by atoms with Crippen molar-refractivity contribution in [3.8, 4) is 0 Å². The molecule has 4 heteroatoms. The first-order chi connectivity index (χ1) is 9.30. The van der Waals surface area contributed by atoms with E-state index >= 15 is 0 Å². The molecule has 0 aromatic rings. The van der Waals surface area contributed by atoms with Gasteiger partial charge in [0.25, 0.3) is 0 Å². The Labute approximate surface area is 128 Å². The van der Waals surface area contributed by atoms with Gasteiger partial charge in [-0.1, -0.05) is 20.8 Å². The Morgan fingerprint density at radius 1 is 1.33 bits per heavy atom. The second-order valence-corrected chi connectivity index (χ2v) is 8.42. The molecule has 1 rings (SSSR count). The SMILES string of the molecule is CC(OC(C)(C)C)C(O)C[C@]1(C)CCC(C(=O)O)C1(C)C. The van der Waals surface area contributed by atoms with E-state index < -0.39 is 12.1 Å². The zero-order chi connectivity index (χ0) is 16.6. The van der Waals surface area contributed by atoms with Crippen LogP contribution in [0.2, 0.25) is 0 Å². The van der Waals surface area contributed by atoms with Crippen molar-refractivity contribution in [3.05, 3.63) is 0 Å². The first-order valence-electron chi connectivity index (χ1n) is 7.89. The molecule has 0 radical (unpaired) electrons. The fraction of sp³-hybridized carbons (Fsp3) is 0.941. The lowest BCUT2D eigenvalue weighted by atomic mass is 9.63. The van der Waals surface area contributed by atoms with Crippen molar-refractivity contribution < 1.29 is 19.7 Å². The fourth-order valence-corrected chi connectivity index (χ4v) is 3.63. The highest BCUT2D eigenvalue weighted by atomic mass is 16.5. The van der Waals surface area contributed by atoms with E-state index in [4.69, 9.17) is 4.74 Å². The Balaban J connectivity index is 2.79. The third-order valence-electron chi connectivity index (χ3n) is 5.45. The largest absolute Gasteiger partial charge is 0.481 e. The van der Waals surface area contributed by atoms with Gasteiger partial charge in [-0.25, -0.2) is 0 Å². The molecule has 0 heterocycles. The van der Waals surface area contributed by atoms with Gasteiger partial charge in [0, 0.05) is 0 Å². The van der Waals surface area contributed by atoms with E-state index in [-0.39, 0.29) is 28.5 Å². The molecule has 1 aliphatic rings. The topological polar surface area (TPSA) is 66.8 Å². The first kappa shape index (κ1) is 18.4. The molecule has 0 saturated heterocycles. The lowest BCUT2D eigenvalue weighted by Crippen LogP contribution is -2.43. The van der Waals surface area contributed by atoms with Gasteiger partial charge >= 0.3 is 5.97 Å². The van der Waals surface area contributed by atoms with Gasteiger partial charge in [-0.15, -0.1) is 0 Å². The Morgan fingerprint density at radius 2 is 1.86 bits per heavy atom. The molecule has 4 nitrogen and oxygen atoms in total. The molecule has 124 valence electrons. The van der Waals surface area contributed by atoms with Crippen LogP contribution < -0.4 is 0 Å². The Morgan fingerprint density at radius 3 is 2.24 bits per heavy atom. The fourth-order valence-electron chi connectivity index (χ4n) is 3.63. The van der Waals surface area contributed by atoms with Crippen LogP contribution in [-0.2, 0) is 9.53 Å². The van der Waals surface area contributed by atoms with Crippen LogP contribution in [0.5, 0.6) is 0 Å². The van der Waals surface area contributed by atoms with Crippen molar-refractivity contribution in [2.45, 2.75) is 85.5 Å². The van der Waals surface area contributed by atoms with Crippen molar-refractivity contribution in [3.63, 3.8) is 0 Å². The van der Waals surface area contributed by atoms with Gasteiger partial charge in [0.1, 0.15) is 0 Å². The number of aliphatic hydroxyl groups excluding tert-OH is 1. The van der Waals surface area contributed by atoms with E-state index in [1.54, 1.807) is 0 Å². The predicted octanol–water partition coefficient (Wildman–Crippen LogP) is 3.47. The van der Waals surface area contributed by atoms with Gasteiger partial charge in [-0.2, -0.15) is 0 Å². The van der Waals surface area contributed by atoms with E-state index in [1.165, 1.54) is 0 Å². The molecule has 0 bridgehead atoms. The lowest BCUT2D eigenvalue weighted by Gasteiger charge is -2.43. The summed E-state index contributed by atoms with van der Waals surface area (Å²) < 4.78 is 5.83. The summed E-state index contributed by atoms with van der Waals surface area (Å²) >= 11 is 0. The van der Waals surface area contributed by atoms with Gasteiger partial charge in [-0.05, 0) is 57.8 Å². The summed E-state index contributed by atoms with van der Waals surface area (Å²) in [5.74, 6) is -1.06. The molecule has 2 N–H and O–H groups in total. The average Bonchev–Trinajstić information content (AvgIpc) is 2.47. The third-order valence-corrected chi connectivity index (χ3v) is 5.45. The number of aliphatic hydroxyl groups is 1. The molecule has 4 atom stereocenters. The van der Waals surface area contributed by atoms with E-state index in [0.29, 0.717) is 12.8 Å². The minimum Gasteiger partial charge on any atom is -0.481 e. The van der Waals surface area contributed by atoms with Crippen molar-refractivity contribution in [2.24, 2.45) is 16.7 Å². The predicted molar refractivity (Wildman–Crippen MR) is 83.2 cm³/mol. The number of rotatable bonds is 5. The van der Waals surface area contributed by atoms with E-state index in [2.05, 4.69) is 6.92 Å². The summed E-state index contributed by atoms with van der Waals surface area (Å²) in [7, 11) is 0. The third kappa shape index (κ3) is 3.98. The molecule has 1 saturated carbocycles. The van der Waals surface area contributed by atoms with Crippen LogP contribution in [-0.4, -0.2) is 34.0 Å². The number of carboxylic acids is 1. The summed E-state index contributed by atoms with van der Waals surface area (Å²) in [6.07, 6.45) is 1.24. The van der Waals surface area contributed by atoms with E-state index in [9.17, 15) is 15.0 Å². The summed E-state index contributed by atoms with van der Waals surface area (Å²) in [5.41, 5.74) is -0.817. The molecule has 3 unspecified atom stereocenters. The molecular formula is C17H32O4. The quantitative estimate of drug-likeness (QED) is 0.816. The zero-order valence-electron chi connectivity index (χ0n) is 14.6. The highest BCUT2D eigenvalue weighted by Crippen LogP contribution is 2.58. The normalized spacial score (nSPS) is 31.9. The number of carbonyl (C=O) groups is 1. The maximum Gasteiger partial charge on any atom is 0.307 e. The molecule has 0 aromatic carbocycles. The van der Waals surface area contributed by atoms with Crippen molar-refractivity contribution >= 4 is 5.97 Å².